The molecule has 0 aliphatic carbocycles. The fraction of sp³-hybridized carbons (Fsp3) is 0.333. The van der Waals surface area contributed by atoms with Gasteiger partial charge in [-0.15, -0.1) is 11.3 Å². The topological polar surface area (TPSA) is 61.0 Å². The lowest BCUT2D eigenvalue weighted by Gasteiger charge is -2.11. The molecule has 0 aliphatic rings. The number of hydrogen-bond donors (Lipinski definition) is 1. The number of rotatable bonds is 3. The molecule has 0 saturated carbocycles. The summed E-state index contributed by atoms with van der Waals surface area (Å²) in [5.74, 6) is 0.719. The third kappa shape index (κ3) is 2.45. The van der Waals surface area contributed by atoms with E-state index in [0.29, 0.717) is 0 Å². The van der Waals surface area contributed by atoms with Crippen molar-refractivity contribution in [3.8, 4) is 5.75 Å². The number of aryl methyl sites for hydroxylation is 2. The molecule has 4 nitrogen and oxygen atoms in total. The highest BCUT2D eigenvalue weighted by Gasteiger charge is 2.16. The normalized spacial score (nSPS) is 12.5. The Kier molecular flexibility index (Phi) is 3.40. The third-order valence-corrected chi connectivity index (χ3v) is 3.71. The molecule has 2 aromatic heterocycles. The van der Waals surface area contributed by atoms with Crippen LogP contribution in [0.15, 0.2) is 18.5 Å². The standard InChI is InChI=1S/C12H15N3OS/c1-7-12(17-8(2)15-7)11(13)9-4-10(16-3)6-14-5-9/h4-6,11H,13H2,1-3H3. The summed E-state index contributed by atoms with van der Waals surface area (Å²) in [5, 5.41) is 1.03. The van der Waals surface area contributed by atoms with Crippen LogP contribution in [0.4, 0.5) is 0 Å². The molecule has 0 aliphatic heterocycles. The number of ether oxygens (including phenoxy) is 1. The Morgan fingerprint density at radius 1 is 1.35 bits per heavy atom. The van der Waals surface area contributed by atoms with Crippen molar-refractivity contribution in [3.05, 3.63) is 39.6 Å². The van der Waals surface area contributed by atoms with Gasteiger partial charge in [-0.2, -0.15) is 0 Å². The summed E-state index contributed by atoms with van der Waals surface area (Å²) < 4.78 is 5.15. The van der Waals surface area contributed by atoms with E-state index in [-0.39, 0.29) is 6.04 Å². The quantitative estimate of drug-likeness (QED) is 0.906. The zero-order chi connectivity index (χ0) is 12.4. The van der Waals surface area contributed by atoms with Gasteiger partial charge in [-0.1, -0.05) is 0 Å². The lowest BCUT2D eigenvalue weighted by Crippen LogP contribution is -2.12. The number of thiazole rings is 1. The van der Waals surface area contributed by atoms with Gasteiger partial charge in [0.2, 0.25) is 0 Å². The number of aromatic nitrogens is 2. The molecule has 0 fully saturated rings. The van der Waals surface area contributed by atoms with Crippen LogP contribution in [0.2, 0.25) is 0 Å². The molecule has 1 atom stereocenters. The van der Waals surface area contributed by atoms with Crippen LogP contribution < -0.4 is 10.5 Å². The van der Waals surface area contributed by atoms with E-state index in [4.69, 9.17) is 10.5 Å². The summed E-state index contributed by atoms with van der Waals surface area (Å²) in [6.07, 6.45) is 3.43. The monoisotopic (exact) mass is 249 g/mol. The van der Waals surface area contributed by atoms with Crippen molar-refractivity contribution in [3.63, 3.8) is 0 Å². The van der Waals surface area contributed by atoms with Crippen LogP contribution in [-0.4, -0.2) is 17.1 Å². The number of methoxy groups -OCH3 is 1. The second-order valence-corrected chi connectivity index (χ2v) is 5.05. The largest absolute Gasteiger partial charge is 0.495 e. The number of nitrogens with zero attached hydrogens (tertiary/aromatic N) is 2. The molecule has 2 rings (SSSR count). The zero-order valence-corrected chi connectivity index (χ0v) is 10.9. The van der Waals surface area contributed by atoms with Gasteiger partial charge in [0.25, 0.3) is 0 Å². The Hall–Kier alpha value is -1.46. The van der Waals surface area contributed by atoms with Gasteiger partial charge in [-0.25, -0.2) is 4.98 Å². The van der Waals surface area contributed by atoms with E-state index in [2.05, 4.69) is 9.97 Å². The highest BCUT2D eigenvalue weighted by atomic mass is 32.1. The van der Waals surface area contributed by atoms with Gasteiger partial charge in [0.05, 0.1) is 30.1 Å². The summed E-state index contributed by atoms with van der Waals surface area (Å²) in [6.45, 7) is 3.96. The molecule has 5 heteroatoms. The van der Waals surface area contributed by atoms with Gasteiger partial charge in [0.1, 0.15) is 5.75 Å². The first-order chi connectivity index (χ1) is 8.11. The van der Waals surface area contributed by atoms with Crippen molar-refractivity contribution < 1.29 is 4.74 Å². The first-order valence-corrected chi connectivity index (χ1v) is 6.12. The molecule has 2 aromatic rings. The van der Waals surface area contributed by atoms with Gasteiger partial charge in [-0.3, -0.25) is 4.98 Å². The number of pyridine rings is 1. The molecule has 1 unspecified atom stereocenters. The van der Waals surface area contributed by atoms with E-state index in [1.54, 1.807) is 30.8 Å². The van der Waals surface area contributed by atoms with E-state index in [0.717, 1.165) is 26.9 Å². The first kappa shape index (κ1) is 12.0. The van der Waals surface area contributed by atoms with Crippen LogP contribution >= 0.6 is 11.3 Å². The molecule has 0 aromatic carbocycles. The van der Waals surface area contributed by atoms with Gasteiger partial charge >= 0.3 is 0 Å². The van der Waals surface area contributed by atoms with E-state index in [1.165, 1.54) is 0 Å². The molecule has 2 heterocycles. The van der Waals surface area contributed by atoms with Crippen molar-refractivity contribution in [2.45, 2.75) is 19.9 Å². The summed E-state index contributed by atoms with van der Waals surface area (Å²) in [4.78, 5) is 9.59. The highest BCUT2D eigenvalue weighted by Crippen LogP contribution is 2.28. The van der Waals surface area contributed by atoms with E-state index in [1.807, 2.05) is 19.9 Å². The predicted octanol–water partition coefficient (Wildman–Crippen LogP) is 2.21. The Bertz CT molecular complexity index is 524. The smallest absolute Gasteiger partial charge is 0.137 e. The van der Waals surface area contributed by atoms with Crippen LogP contribution in [0.1, 0.15) is 27.2 Å². The lowest BCUT2D eigenvalue weighted by atomic mass is 10.1. The van der Waals surface area contributed by atoms with Crippen molar-refractivity contribution >= 4 is 11.3 Å². The molecule has 90 valence electrons. The Morgan fingerprint density at radius 3 is 2.71 bits per heavy atom. The first-order valence-electron chi connectivity index (χ1n) is 5.30. The summed E-state index contributed by atoms with van der Waals surface area (Å²) >= 11 is 1.63. The molecular weight excluding hydrogens is 234 g/mol. The van der Waals surface area contributed by atoms with E-state index < -0.39 is 0 Å². The van der Waals surface area contributed by atoms with Crippen LogP contribution in [-0.2, 0) is 0 Å². The maximum atomic E-state index is 6.23. The minimum absolute atomic E-state index is 0.191. The fourth-order valence-corrected chi connectivity index (χ4v) is 2.66. The maximum Gasteiger partial charge on any atom is 0.137 e. The molecule has 2 N–H and O–H groups in total. The second kappa shape index (κ2) is 4.81. The average Bonchev–Trinajstić information content (AvgIpc) is 2.67. The van der Waals surface area contributed by atoms with Crippen molar-refractivity contribution in [2.24, 2.45) is 5.73 Å². The molecule has 0 amide bonds. The van der Waals surface area contributed by atoms with E-state index >= 15 is 0 Å². The number of nitrogens with two attached hydrogens (primary N) is 1. The molecular formula is C12H15N3OS. The Labute approximate surface area is 104 Å². The van der Waals surface area contributed by atoms with Crippen molar-refractivity contribution in [1.82, 2.24) is 9.97 Å². The Balaban J connectivity index is 2.36. The molecule has 0 bridgehead atoms. The van der Waals surface area contributed by atoms with Crippen LogP contribution in [0.25, 0.3) is 0 Å². The van der Waals surface area contributed by atoms with E-state index in [9.17, 15) is 0 Å². The maximum absolute atomic E-state index is 6.23. The third-order valence-electron chi connectivity index (χ3n) is 2.55. The molecule has 0 radical (unpaired) electrons. The zero-order valence-electron chi connectivity index (χ0n) is 10.1. The van der Waals surface area contributed by atoms with Crippen LogP contribution in [0, 0.1) is 13.8 Å². The van der Waals surface area contributed by atoms with Crippen LogP contribution in [0.3, 0.4) is 0 Å². The van der Waals surface area contributed by atoms with Gasteiger partial charge in [0, 0.05) is 11.1 Å². The SMILES string of the molecule is COc1cncc(C(N)c2sc(C)nc2C)c1. The van der Waals surface area contributed by atoms with Crippen molar-refractivity contribution in [2.75, 3.05) is 7.11 Å². The van der Waals surface area contributed by atoms with Gasteiger partial charge < -0.3 is 10.5 Å². The van der Waals surface area contributed by atoms with Crippen LogP contribution in [0.5, 0.6) is 5.75 Å². The van der Waals surface area contributed by atoms with Crippen molar-refractivity contribution in [1.29, 1.82) is 0 Å². The summed E-state index contributed by atoms with van der Waals surface area (Å²) in [5.41, 5.74) is 8.16. The average molecular weight is 249 g/mol. The predicted molar refractivity (Wildman–Crippen MR) is 68.4 cm³/mol. The molecule has 0 saturated heterocycles. The van der Waals surface area contributed by atoms with Gasteiger partial charge in [-0.05, 0) is 25.5 Å². The van der Waals surface area contributed by atoms with Gasteiger partial charge in [0.15, 0.2) is 0 Å². The number of hydrogen-bond acceptors (Lipinski definition) is 5. The molecule has 17 heavy (non-hydrogen) atoms. The minimum Gasteiger partial charge on any atom is -0.495 e. The molecule has 0 spiro atoms. The lowest BCUT2D eigenvalue weighted by molar-refractivity contribution is 0.412. The minimum atomic E-state index is -0.191. The fourth-order valence-electron chi connectivity index (χ4n) is 1.70. The second-order valence-electron chi connectivity index (χ2n) is 3.82. The Morgan fingerprint density at radius 2 is 2.12 bits per heavy atom. The summed E-state index contributed by atoms with van der Waals surface area (Å²) in [6, 6.07) is 1.72. The summed E-state index contributed by atoms with van der Waals surface area (Å²) in [7, 11) is 1.62. The highest BCUT2D eigenvalue weighted by molar-refractivity contribution is 7.11.